The molecule has 0 atom stereocenters. The summed E-state index contributed by atoms with van der Waals surface area (Å²) in [4.78, 5) is 37.3. The predicted molar refractivity (Wildman–Crippen MR) is 76.7 cm³/mol. The van der Waals surface area contributed by atoms with E-state index in [1.54, 1.807) is 23.9 Å². The number of hydrogen-bond acceptors (Lipinski definition) is 5. The fourth-order valence-corrected chi connectivity index (χ4v) is 2.89. The Balaban J connectivity index is 2.07. The summed E-state index contributed by atoms with van der Waals surface area (Å²) < 4.78 is 0. The van der Waals surface area contributed by atoms with E-state index in [1.165, 1.54) is 0 Å². The Kier molecular flexibility index (Phi) is 4.66. The number of carbonyl (C=O) groups excluding carboxylic acids is 3. The Labute approximate surface area is 119 Å². The molecule has 4 nitrogen and oxygen atoms in total. The van der Waals surface area contributed by atoms with Crippen molar-refractivity contribution in [3.63, 3.8) is 0 Å². The number of hydrogen-bond donors (Lipinski definition) is 0. The van der Waals surface area contributed by atoms with Crippen molar-refractivity contribution in [2.45, 2.75) is 11.3 Å². The lowest BCUT2D eigenvalue weighted by atomic mass is 10.1. The second-order valence-electron chi connectivity index (χ2n) is 4.00. The lowest BCUT2D eigenvalue weighted by molar-refractivity contribution is -0.127. The summed E-state index contributed by atoms with van der Waals surface area (Å²) >= 11 is 2.68. The highest BCUT2D eigenvalue weighted by Crippen LogP contribution is 2.19. The van der Waals surface area contributed by atoms with Crippen LogP contribution in [0.2, 0.25) is 0 Å². The van der Waals surface area contributed by atoms with Gasteiger partial charge in [0.2, 0.25) is 5.91 Å². The molecule has 2 amide bonds. The van der Waals surface area contributed by atoms with Crippen molar-refractivity contribution in [1.82, 2.24) is 4.90 Å². The van der Waals surface area contributed by atoms with Crippen molar-refractivity contribution < 1.29 is 14.4 Å². The van der Waals surface area contributed by atoms with Crippen LogP contribution in [0.25, 0.3) is 0 Å². The number of benzene rings is 1. The van der Waals surface area contributed by atoms with E-state index in [0.717, 1.165) is 21.6 Å². The molecule has 1 aromatic carbocycles. The molecule has 1 saturated heterocycles. The fraction of sp³-hybridized carbons (Fsp3) is 0.308. The van der Waals surface area contributed by atoms with Crippen molar-refractivity contribution in [1.29, 1.82) is 0 Å². The van der Waals surface area contributed by atoms with Gasteiger partial charge < -0.3 is 0 Å². The number of amides is 2. The Bertz CT molecular complexity index is 497. The van der Waals surface area contributed by atoms with Crippen LogP contribution in [0, 0.1) is 0 Å². The first-order chi connectivity index (χ1) is 9.11. The van der Waals surface area contributed by atoms with E-state index in [1.807, 2.05) is 18.4 Å². The summed E-state index contributed by atoms with van der Waals surface area (Å²) in [5, 5.41) is -0.328. The number of ketones is 1. The molecule has 1 aromatic rings. The molecule has 0 unspecified atom stereocenters. The van der Waals surface area contributed by atoms with Crippen LogP contribution in [-0.2, 0) is 4.79 Å². The minimum absolute atomic E-state index is 0.163. The number of imide groups is 1. The average Bonchev–Trinajstić information content (AvgIpc) is 2.43. The smallest absolute Gasteiger partial charge is 0.288 e. The molecule has 0 N–H and O–H groups in total. The highest BCUT2D eigenvalue weighted by molar-refractivity contribution is 8.13. The van der Waals surface area contributed by atoms with Gasteiger partial charge in [0.25, 0.3) is 5.24 Å². The molecule has 0 radical (unpaired) electrons. The summed E-state index contributed by atoms with van der Waals surface area (Å²) in [6, 6.07) is 7.15. The van der Waals surface area contributed by atoms with Crippen molar-refractivity contribution >= 4 is 40.5 Å². The zero-order valence-corrected chi connectivity index (χ0v) is 12.1. The molecular formula is C13H13NO3S2. The van der Waals surface area contributed by atoms with Gasteiger partial charge in [0.1, 0.15) is 0 Å². The molecule has 6 heteroatoms. The van der Waals surface area contributed by atoms with E-state index in [9.17, 15) is 14.4 Å². The van der Waals surface area contributed by atoms with Gasteiger partial charge >= 0.3 is 0 Å². The van der Waals surface area contributed by atoms with Gasteiger partial charge in [-0.05, 0) is 18.4 Å². The monoisotopic (exact) mass is 295 g/mol. The van der Waals surface area contributed by atoms with Gasteiger partial charge in [-0.2, -0.15) is 0 Å². The van der Waals surface area contributed by atoms with Crippen LogP contribution >= 0.6 is 23.5 Å². The van der Waals surface area contributed by atoms with E-state index in [4.69, 9.17) is 0 Å². The van der Waals surface area contributed by atoms with Crippen LogP contribution in [0.15, 0.2) is 29.2 Å². The predicted octanol–water partition coefficient (Wildman–Crippen LogP) is 2.68. The molecule has 0 saturated carbocycles. The second kappa shape index (κ2) is 6.25. The minimum atomic E-state index is -0.328. The number of Topliss-reactive ketones (excluding diaryl/α,β-unsaturated/α-hetero) is 1. The molecular weight excluding hydrogens is 282 g/mol. The van der Waals surface area contributed by atoms with Crippen LogP contribution in [0.5, 0.6) is 0 Å². The van der Waals surface area contributed by atoms with Crippen LogP contribution in [0.3, 0.4) is 0 Å². The normalized spacial score (nSPS) is 15.7. The summed E-state index contributed by atoms with van der Waals surface area (Å²) in [5.41, 5.74) is 0.522. The maximum absolute atomic E-state index is 12.0. The van der Waals surface area contributed by atoms with Gasteiger partial charge in [-0.15, -0.1) is 11.8 Å². The van der Waals surface area contributed by atoms with E-state index in [-0.39, 0.29) is 23.5 Å². The highest BCUT2D eigenvalue weighted by atomic mass is 32.2. The third-order valence-corrected chi connectivity index (χ3v) is 4.40. The molecule has 1 aliphatic heterocycles. The molecule has 1 aliphatic rings. The average molecular weight is 295 g/mol. The lowest BCUT2D eigenvalue weighted by Crippen LogP contribution is -2.41. The Morgan fingerprint density at radius 3 is 2.58 bits per heavy atom. The van der Waals surface area contributed by atoms with Gasteiger partial charge in [-0.3, -0.25) is 19.3 Å². The molecule has 0 aromatic heterocycles. The number of nitrogens with zero attached hydrogens (tertiary/aromatic N) is 1. The van der Waals surface area contributed by atoms with Crippen LogP contribution in [-0.4, -0.2) is 40.4 Å². The summed E-state index contributed by atoms with van der Waals surface area (Å²) in [7, 11) is 0. The van der Waals surface area contributed by atoms with Crippen molar-refractivity contribution in [3.8, 4) is 0 Å². The Morgan fingerprint density at radius 1 is 1.32 bits per heavy atom. The second-order valence-corrected chi connectivity index (χ2v) is 5.92. The number of rotatable bonds is 4. The zero-order chi connectivity index (χ0) is 13.8. The Hall–Kier alpha value is -1.27. The van der Waals surface area contributed by atoms with Crippen molar-refractivity contribution in [2.24, 2.45) is 0 Å². The van der Waals surface area contributed by atoms with E-state index >= 15 is 0 Å². The van der Waals surface area contributed by atoms with Gasteiger partial charge in [0, 0.05) is 22.6 Å². The Morgan fingerprint density at radius 2 is 2.00 bits per heavy atom. The first-order valence-corrected chi connectivity index (χ1v) is 7.97. The molecule has 1 heterocycles. The van der Waals surface area contributed by atoms with E-state index in [0.29, 0.717) is 17.7 Å². The molecule has 100 valence electrons. The zero-order valence-electron chi connectivity index (χ0n) is 10.4. The number of thioether (sulfide) groups is 2. The molecule has 19 heavy (non-hydrogen) atoms. The molecule has 0 spiro atoms. The maximum Gasteiger partial charge on any atom is 0.288 e. The summed E-state index contributed by atoms with van der Waals surface area (Å²) in [5.74, 6) is 0.0276. The van der Waals surface area contributed by atoms with E-state index in [2.05, 4.69) is 0 Å². The summed E-state index contributed by atoms with van der Waals surface area (Å²) in [6.07, 6.45) is 2.27. The van der Waals surface area contributed by atoms with E-state index < -0.39 is 0 Å². The van der Waals surface area contributed by atoms with Crippen molar-refractivity contribution in [2.75, 3.05) is 18.6 Å². The first kappa shape index (κ1) is 14.1. The standard InChI is InChI=1S/C13H13NO3S2/c1-18-10-4-2-9(3-5-10)11(15)8-14-12(16)6-7-19-13(14)17/h2-5H,6-8H2,1H3. The third-order valence-electron chi connectivity index (χ3n) is 2.78. The van der Waals surface area contributed by atoms with Gasteiger partial charge in [-0.25, -0.2) is 0 Å². The summed E-state index contributed by atoms with van der Waals surface area (Å²) in [6.45, 7) is -0.163. The third kappa shape index (κ3) is 3.39. The van der Waals surface area contributed by atoms with Gasteiger partial charge in [0.15, 0.2) is 5.78 Å². The van der Waals surface area contributed by atoms with Crippen LogP contribution in [0.4, 0.5) is 4.79 Å². The molecule has 0 aliphatic carbocycles. The lowest BCUT2D eigenvalue weighted by Gasteiger charge is -2.23. The SMILES string of the molecule is CSc1ccc(C(=O)CN2C(=O)CCSC2=O)cc1. The van der Waals surface area contributed by atoms with Crippen LogP contribution in [0.1, 0.15) is 16.8 Å². The largest absolute Gasteiger partial charge is 0.292 e. The topological polar surface area (TPSA) is 54.5 Å². The quantitative estimate of drug-likeness (QED) is 0.631. The minimum Gasteiger partial charge on any atom is -0.292 e. The molecule has 2 rings (SSSR count). The molecule has 0 bridgehead atoms. The highest BCUT2D eigenvalue weighted by Gasteiger charge is 2.28. The van der Waals surface area contributed by atoms with Gasteiger partial charge in [0.05, 0.1) is 6.54 Å². The van der Waals surface area contributed by atoms with Crippen molar-refractivity contribution in [3.05, 3.63) is 29.8 Å². The van der Waals surface area contributed by atoms with Gasteiger partial charge in [-0.1, -0.05) is 23.9 Å². The maximum atomic E-state index is 12.0. The molecule has 1 fully saturated rings. The number of carbonyl (C=O) groups is 3. The van der Waals surface area contributed by atoms with Crippen LogP contribution < -0.4 is 0 Å². The first-order valence-electron chi connectivity index (χ1n) is 5.76. The fourth-order valence-electron chi connectivity index (χ4n) is 1.70.